The Hall–Kier alpha value is -3.18. The minimum Gasteiger partial charge on any atom is -0.462 e. The summed E-state index contributed by atoms with van der Waals surface area (Å²) in [4.78, 5) is 25.2. The maximum absolute atomic E-state index is 12.7. The lowest BCUT2D eigenvalue weighted by Crippen LogP contribution is -2.30. The lowest BCUT2D eigenvalue weighted by atomic mass is 10.1. The molecule has 0 aromatic rings. The van der Waals surface area contributed by atoms with Crippen LogP contribution in [0.5, 0.6) is 0 Å². The summed E-state index contributed by atoms with van der Waals surface area (Å²) in [5.41, 5.74) is 0. The molecule has 0 saturated carbocycles. The van der Waals surface area contributed by atoms with Crippen molar-refractivity contribution in [3.63, 3.8) is 0 Å². The minimum absolute atomic E-state index is 0.0360. The van der Waals surface area contributed by atoms with Gasteiger partial charge in [-0.3, -0.25) is 9.59 Å². The van der Waals surface area contributed by atoms with Crippen molar-refractivity contribution in [3.05, 3.63) is 97.2 Å². The Morgan fingerprint density at radius 3 is 1.38 bits per heavy atom. The molecule has 0 saturated heterocycles. The second kappa shape index (κ2) is 48.2. The van der Waals surface area contributed by atoms with E-state index in [9.17, 15) is 9.59 Å². The SMILES string of the molecule is CC/C=C\C/C=C\C/C=C\C/C=C\C/C=C\C/C=C\CCC(=O)OCC(COCCCCCCCCCCCC)OC(=O)CCCCCCC/C=C\C/C=C\CCC. The summed E-state index contributed by atoms with van der Waals surface area (Å²) in [6, 6.07) is 0. The van der Waals surface area contributed by atoms with Crippen molar-refractivity contribution in [2.75, 3.05) is 19.8 Å². The van der Waals surface area contributed by atoms with Crippen LogP contribution in [-0.2, 0) is 23.8 Å². The number of allylic oxidation sites excluding steroid dienone is 16. The molecule has 0 aliphatic rings. The van der Waals surface area contributed by atoms with E-state index in [0.29, 0.717) is 25.9 Å². The molecule has 0 aliphatic carbocycles. The van der Waals surface area contributed by atoms with Gasteiger partial charge in [-0.15, -0.1) is 0 Å². The van der Waals surface area contributed by atoms with Crippen molar-refractivity contribution in [1.82, 2.24) is 0 Å². The van der Waals surface area contributed by atoms with Crippen LogP contribution in [0.4, 0.5) is 0 Å². The summed E-state index contributed by atoms with van der Waals surface area (Å²) < 4.78 is 17.2. The van der Waals surface area contributed by atoms with Crippen LogP contribution in [0.2, 0.25) is 0 Å². The standard InChI is InChI=1S/C53H88O5/c1-4-7-10-13-16-19-22-24-25-26-27-28-29-31-32-34-37-40-43-46-52(54)57-50-51(49-56-48-45-42-39-36-21-18-15-12-9-6-3)58-53(55)47-44-41-38-35-33-30-23-20-17-14-11-8-5-2/h7,10-11,14,16,19-20,23-25,27-28,31-32,37,40,51H,4-6,8-9,12-13,15,17-18,21-22,26,29-30,33-36,38-39,41-50H2,1-3H3/b10-7-,14-11-,19-16-,23-20-,25-24-,28-27-,32-31-,40-37-. The highest BCUT2D eigenvalue weighted by Crippen LogP contribution is 2.12. The first-order valence-electron chi connectivity index (χ1n) is 23.8. The molecule has 5 heteroatoms. The van der Waals surface area contributed by atoms with Gasteiger partial charge in [0.1, 0.15) is 6.61 Å². The molecule has 0 bridgehead atoms. The zero-order chi connectivity index (χ0) is 42.1. The molecule has 0 N–H and O–H groups in total. The van der Waals surface area contributed by atoms with E-state index in [4.69, 9.17) is 14.2 Å². The van der Waals surface area contributed by atoms with Crippen LogP contribution < -0.4 is 0 Å². The summed E-state index contributed by atoms with van der Waals surface area (Å²) in [6.07, 6.45) is 64.2. The van der Waals surface area contributed by atoms with Crippen LogP contribution in [0.1, 0.15) is 201 Å². The minimum atomic E-state index is -0.575. The molecular weight excluding hydrogens is 717 g/mol. The number of ether oxygens (including phenoxy) is 3. The fourth-order valence-electron chi connectivity index (χ4n) is 6.10. The molecule has 5 nitrogen and oxygen atoms in total. The van der Waals surface area contributed by atoms with Crippen molar-refractivity contribution < 1.29 is 23.8 Å². The summed E-state index contributed by atoms with van der Waals surface area (Å²) >= 11 is 0. The number of esters is 2. The Morgan fingerprint density at radius 2 is 0.845 bits per heavy atom. The highest BCUT2D eigenvalue weighted by molar-refractivity contribution is 5.70. The molecule has 0 radical (unpaired) electrons. The molecule has 0 aromatic heterocycles. The van der Waals surface area contributed by atoms with Gasteiger partial charge in [-0.25, -0.2) is 0 Å². The quantitative estimate of drug-likeness (QED) is 0.0349. The molecule has 0 amide bonds. The van der Waals surface area contributed by atoms with Gasteiger partial charge in [-0.2, -0.15) is 0 Å². The third-order valence-electron chi connectivity index (χ3n) is 9.60. The predicted octanol–water partition coefficient (Wildman–Crippen LogP) is 15.9. The van der Waals surface area contributed by atoms with E-state index in [-0.39, 0.29) is 25.2 Å². The zero-order valence-corrected chi connectivity index (χ0v) is 37.8. The third kappa shape index (κ3) is 45.5. The first-order valence-corrected chi connectivity index (χ1v) is 23.8. The summed E-state index contributed by atoms with van der Waals surface area (Å²) in [5, 5.41) is 0. The van der Waals surface area contributed by atoms with Gasteiger partial charge in [-0.05, 0) is 83.5 Å². The largest absolute Gasteiger partial charge is 0.462 e. The van der Waals surface area contributed by atoms with E-state index in [1.54, 1.807) is 0 Å². The molecule has 0 rings (SSSR count). The Kier molecular flexibility index (Phi) is 45.5. The van der Waals surface area contributed by atoms with Crippen molar-refractivity contribution in [2.45, 2.75) is 207 Å². The molecular formula is C53H88O5. The van der Waals surface area contributed by atoms with Gasteiger partial charge in [0.25, 0.3) is 0 Å². The van der Waals surface area contributed by atoms with Gasteiger partial charge in [-0.1, -0.05) is 201 Å². The molecule has 1 atom stereocenters. The second-order valence-electron chi connectivity index (χ2n) is 15.3. The first-order chi connectivity index (χ1) is 28.6. The monoisotopic (exact) mass is 805 g/mol. The number of rotatable bonds is 42. The van der Waals surface area contributed by atoms with E-state index in [1.165, 1.54) is 70.6 Å². The fraction of sp³-hybridized carbons (Fsp3) is 0.660. The highest BCUT2D eigenvalue weighted by Gasteiger charge is 2.17. The smallest absolute Gasteiger partial charge is 0.306 e. The summed E-state index contributed by atoms with van der Waals surface area (Å²) in [6.45, 7) is 7.54. The van der Waals surface area contributed by atoms with Crippen LogP contribution in [-0.4, -0.2) is 37.9 Å². The molecule has 0 spiro atoms. The molecule has 0 heterocycles. The predicted molar refractivity (Wildman–Crippen MR) is 251 cm³/mol. The number of unbranched alkanes of at least 4 members (excludes halogenated alkanes) is 15. The maximum Gasteiger partial charge on any atom is 0.306 e. The number of carbonyl (C=O) groups excluding carboxylic acids is 2. The van der Waals surface area contributed by atoms with Gasteiger partial charge >= 0.3 is 11.9 Å². The Morgan fingerprint density at radius 1 is 0.397 bits per heavy atom. The van der Waals surface area contributed by atoms with Gasteiger partial charge in [0.05, 0.1) is 6.61 Å². The van der Waals surface area contributed by atoms with Gasteiger partial charge in [0, 0.05) is 19.4 Å². The molecule has 0 fully saturated rings. The summed E-state index contributed by atoms with van der Waals surface area (Å²) in [5.74, 6) is -0.515. The number of hydrogen-bond acceptors (Lipinski definition) is 5. The first kappa shape index (κ1) is 54.8. The lowest BCUT2D eigenvalue weighted by Gasteiger charge is -2.18. The van der Waals surface area contributed by atoms with E-state index < -0.39 is 6.10 Å². The molecule has 1 unspecified atom stereocenters. The van der Waals surface area contributed by atoms with Gasteiger partial charge in [0.15, 0.2) is 6.10 Å². The van der Waals surface area contributed by atoms with Gasteiger partial charge in [0.2, 0.25) is 0 Å². The molecule has 0 aromatic carbocycles. The Labute approximate surface area is 358 Å². The van der Waals surface area contributed by atoms with Crippen LogP contribution in [0.3, 0.4) is 0 Å². The maximum atomic E-state index is 12.7. The van der Waals surface area contributed by atoms with E-state index in [1.807, 2.05) is 6.08 Å². The second-order valence-corrected chi connectivity index (χ2v) is 15.3. The molecule has 0 aliphatic heterocycles. The fourth-order valence-corrected chi connectivity index (χ4v) is 6.10. The van der Waals surface area contributed by atoms with Crippen LogP contribution in [0.15, 0.2) is 97.2 Å². The summed E-state index contributed by atoms with van der Waals surface area (Å²) in [7, 11) is 0. The van der Waals surface area contributed by atoms with E-state index in [0.717, 1.165) is 89.9 Å². The average Bonchev–Trinajstić information content (AvgIpc) is 3.22. The third-order valence-corrected chi connectivity index (χ3v) is 9.60. The van der Waals surface area contributed by atoms with Crippen molar-refractivity contribution in [3.8, 4) is 0 Å². The van der Waals surface area contributed by atoms with Crippen LogP contribution in [0.25, 0.3) is 0 Å². The zero-order valence-electron chi connectivity index (χ0n) is 37.8. The van der Waals surface area contributed by atoms with Crippen LogP contribution in [0, 0.1) is 0 Å². The number of hydrogen-bond donors (Lipinski definition) is 0. The van der Waals surface area contributed by atoms with Crippen LogP contribution >= 0.6 is 0 Å². The Bertz CT molecular complexity index is 1140. The van der Waals surface area contributed by atoms with Gasteiger partial charge < -0.3 is 14.2 Å². The Balaban J connectivity index is 4.38. The van der Waals surface area contributed by atoms with Crippen molar-refractivity contribution in [1.29, 1.82) is 0 Å². The molecule has 330 valence electrons. The number of carbonyl (C=O) groups is 2. The highest BCUT2D eigenvalue weighted by atomic mass is 16.6. The van der Waals surface area contributed by atoms with Crippen molar-refractivity contribution in [2.24, 2.45) is 0 Å². The normalized spacial score (nSPS) is 13.1. The lowest BCUT2D eigenvalue weighted by molar-refractivity contribution is -0.162. The topological polar surface area (TPSA) is 61.8 Å². The van der Waals surface area contributed by atoms with E-state index in [2.05, 4.69) is 112 Å². The van der Waals surface area contributed by atoms with E-state index >= 15 is 0 Å². The molecule has 58 heavy (non-hydrogen) atoms. The van der Waals surface area contributed by atoms with Crippen molar-refractivity contribution >= 4 is 11.9 Å². The average molecular weight is 805 g/mol.